The van der Waals surface area contributed by atoms with Crippen LogP contribution in [0, 0.1) is 0 Å². The quantitative estimate of drug-likeness (QED) is 0.825. The predicted octanol–water partition coefficient (Wildman–Crippen LogP) is 2.88. The Bertz CT molecular complexity index is 412. The highest BCUT2D eigenvalue weighted by molar-refractivity contribution is 9.10. The molecule has 0 spiro atoms. The molecule has 2 N–H and O–H groups in total. The van der Waals surface area contributed by atoms with Crippen molar-refractivity contribution in [2.45, 2.75) is 37.8 Å². The summed E-state index contributed by atoms with van der Waals surface area (Å²) in [7, 11) is 0. The number of hydrogen-bond donors (Lipinski definition) is 2. The van der Waals surface area contributed by atoms with Gasteiger partial charge in [-0.25, -0.2) is 0 Å². The molecule has 1 aliphatic carbocycles. The van der Waals surface area contributed by atoms with Crippen LogP contribution < -0.4 is 0 Å². The maximum absolute atomic E-state index is 9.79. The fraction of sp³-hybridized carbons (Fsp3) is 0.462. The zero-order chi connectivity index (χ0) is 12.3. The van der Waals surface area contributed by atoms with Gasteiger partial charge in [-0.2, -0.15) is 0 Å². The molecule has 0 amide bonds. The molecule has 0 unspecified atom stereocenters. The second-order valence-electron chi connectivity index (χ2n) is 4.42. The first-order chi connectivity index (χ1) is 8.16. The molecular weight excluding hydrogens is 282 g/mol. The SMILES string of the molecule is Oc1c(Br)cccc1C=N[C@H]1CC[C@H](O)CC1. The molecule has 1 aliphatic rings. The van der Waals surface area contributed by atoms with Crippen molar-refractivity contribution in [3.05, 3.63) is 28.2 Å². The lowest BCUT2D eigenvalue weighted by Crippen LogP contribution is -2.20. The van der Waals surface area contributed by atoms with E-state index < -0.39 is 0 Å². The molecule has 0 aromatic heterocycles. The second kappa shape index (κ2) is 5.65. The molecule has 0 bridgehead atoms. The molecule has 1 fully saturated rings. The molecule has 1 aromatic rings. The normalized spacial score (nSPS) is 25.3. The molecule has 1 saturated carbocycles. The summed E-state index contributed by atoms with van der Waals surface area (Å²) in [5.74, 6) is 0.229. The van der Waals surface area contributed by atoms with Crippen molar-refractivity contribution < 1.29 is 10.2 Å². The highest BCUT2D eigenvalue weighted by Crippen LogP contribution is 2.27. The molecule has 0 atom stereocenters. The number of phenols is 1. The van der Waals surface area contributed by atoms with E-state index in [0.29, 0.717) is 4.47 Å². The lowest BCUT2D eigenvalue weighted by atomic mass is 9.93. The number of aromatic hydroxyl groups is 1. The Balaban J connectivity index is 2.03. The van der Waals surface area contributed by atoms with E-state index in [4.69, 9.17) is 0 Å². The molecule has 1 aromatic carbocycles. The molecular formula is C13H16BrNO2. The van der Waals surface area contributed by atoms with E-state index in [-0.39, 0.29) is 17.9 Å². The number of rotatable bonds is 2. The third kappa shape index (κ3) is 3.30. The van der Waals surface area contributed by atoms with Crippen LogP contribution >= 0.6 is 15.9 Å². The Morgan fingerprint density at radius 1 is 1.24 bits per heavy atom. The van der Waals surface area contributed by atoms with Crippen molar-refractivity contribution in [1.82, 2.24) is 0 Å². The molecule has 17 heavy (non-hydrogen) atoms. The van der Waals surface area contributed by atoms with Crippen LogP contribution in [0.3, 0.4) is 0 Å². The summed E-state index contributed by atoms with van der Waals surface area (Å²) < 4.78 is 0.681. The van der Waals surface area contributed by atoms with E-state index in [1.54, 1.807) is 12.3 Å². The van der Waals surface area contributed by atoms with Crippen LogP contribution in [-0.2, 0) is 0 Å². The van der Waals surface area contributed by atoms with Crippen molar-refractivity contribution in [2.24, 2.45) is 4.99 Å². The number of aliphatic hydroxyl groups excluding tert-OH is 1. The van der Waals surface area contributed by atoms with Gasteiger partial charge in [-0.3, -0.25) is 4.99 Å². The van der Waals surface area contributed by atoms with Gasteiger partial charge in [0.1, 0.15) is 5.75 Å². The number of phenolic OH excluding ortho intramolecular Hbond substituents is 1. The molecule has 3 nitrogen and oxygen atoms in total. The Labute approximate surface area is 109 Å². The number of aliphatic hydroxyl groups is 1. The van der Waals surface area contributed by atoms with E-state index in [1.165, 1.54) is 0 Å². The first-order valence-electron chi connectivity index (χ1n) is 5.85. The van der Waals surface area contributed by atoms with Gasteiger partial charge in [0, 0.05) is 11.8 Å². The molecule has 2 rings (SSSR count). The molecule has 0 radical (unpaired) electrons. The van der Waals surface area contributed by atoms with Crippen molar-refractivity contribution in [3.8, 4) is 5.75 Å². The predicted molar refractivity (Wildman–Crippen MR) is 71.7 cm³/mol. The third-order valence-corrected chi connectivity index (χ3v) is 3.75. The topological polar surface area (TPSA) is 52.8 Å². The number of hydrogen-bond acceptors (Lipinski definition) is 3. The highest BCUT2D eigenvalue weighted by Gasteiger charge is 2.17. The summed E-state index contributed by atoms with van der Waals surface area (Å²) in [6.45, 7) is 0. The van der Waals surface area contributed by atoms with Gasteiger partial charge in [0.2, 0.25) is 0 Å². The number of nitrogens with zero attached hydrogens (tertiary/aromatic N) is 1. The summed E-state index contributed by atoms with van der Waals surface area (Å²) >= 11 is 3.28. The van der Waals surface area contributed by atoms with E-state index in [9.17, 15) is 10.2 Å². The number of benzene rings is 1. The molecule has 4 heteroatoms. The summed E-state index contributed by atoms with van der Waals surface area (Å²) in [5.41, 5.74) is 0.727. The van der Waals surface area contributed by atoms with Crippen LogP contribution in [0.5, 0.6) is 5.75 Å². The third-order valence-electron chi connectivity index (χ3n) is 3.11. The van der Waals surface area contributed by atoms with Crippen LogP contribution in [0.4, 0.5) is 0 Å². The first kappa shape index (κ1) is 12.6. The number of halogens is 1. The summed E-state index contributed by atoms with van der Waals surface area (Å²) in [6.07, 6.45) is 5.07. The number of aliphatic imine (C=N–C) groups is 1. The van der Waals surface area contributed by atoms with E-state index in [2.05, 4.69) is 20.9 Å². The van der Waals surface area contributed by atoms with Crippen molar-refractivity contribution in [3.63, 3.8) is 0 Å². The molecule has 0 aliphatic heterocycles. The van der Waals surface area contributed by atoms with Gasteiger partial charge in [-0.05, 0) is 53.7 Å². The fourth-order valence-corrected chi connectivity index (χ4v) is 2.41. The van der Waals surface area contributed by atoms with Crippen molar-refractivity contribution in [1.29, 1.82) is 0 Å². The fourth-order valence-electron chi connectivity index (χ4n) is 2.03. The zero-order valence-corrected chi connectivity index (χ0v) is 11.1. The molecule has 0 saturated heterocycles. The minimum absolute atomic E-state index is 0.152. The Morgan fingerprint density at radius 2 is 1.94 bits per heavy atom. The van der Waals surface area contributed by atoms with Crippen molar-refractivity contribution >= 4 is 22.1 Å². The van der Waals surface area contributed by atoms with Gasteiger partial charge in [0.25, 0.3) is 0 Å². The largest absolute Gasteiger partial charge is 0.506 e. The van der Waals surface area contributed by atoms with Gasteiger partial charge >= 0.3 is 0 Å². The van der Waals surface area contributed by atoms with Gasteiger partial charge in [0.05, 0.1) is 16.6 Å². The van der Waals surface area contributed by atoms with Crippen molar-refractivity contribution in [2.75, 3.05) is 0 Å². The van der Waals surface area contributed by atoms with Gasteiger partial charge in [0.15, 0.2) is 0 Å². The van der Waals surface area contributed by atoms with E-state index in [0.717, 1.165) is 31.2 Å². The smallest absolute Gasteiger partial charge is 0.138 e. The lowest BCUT2D eigenvalue weighted by Gasteiger charge is -2.22. The lowest BCUT2D eigenvalue weighted by molar-refractivity contribution is 0.123. The maximum Gasteiger partial charge on any atom is 0.138 e. The van der Waals surface area contributed by atoms with Gasteiger partial charge in [-0.1, -0.05) is 6.07 Å². The summed E-state index contributed by atoms with van der Waals surface area (Å²) in [6, 6.07) is 5.78. The minimum Gasteiger partial charge on any atom is -0.506 e. The van der Waals surface area contributed by atoms with Crippen LogP contribution in [0.15, 0.2) is 27.7 Å². The molecule has 0 heterocycles. The van der Waals surface area contributed by atoms with E-state index >= 15 is 0 Å². The first-order valence-corrected chi connectivity index (χ1v) is 6.65. The molecule has 92 valence electrons. The Kier molecular flexibility index (Phi) is 4.18. The second-order valence-corrected chi connectivity index (χ2v) is 5.27. The Morgan fingerprint density at radius 3 is 2.65 bits per heavy atom. The highest BCUT2D eigenvalue weighted by atomic mass is 79.9. The van der Waals surface area contributed by atoms with Gasteiger partial charge < -0.3 is 10.2 Å². The van der Waals surface area contributed by atoms with Crippen LogP contribution in [0.2, 0.25) is 0 Å². The minimum atomic E-state index is -0.152. The average Bonchev–Trinajstić information content (AvgIpc) is 2.33. The van der Waals surface area contributed by atoms with E-state index in [1.807, 2.05) is 12.1 Å². The van der Waals surface area contributed by atoms with Crippen LogP contribution in [0.25, 0.3) is 0 Å². The summed E-state index contributed by atoms with van der Waals surface area (Å²) in [5, 5.41) is 19.2. The standard InChI is InChI=1S/C13H16BrNO2/c14-12-3-1-2-9(13(12)17)8-15-10-4-6-11(16)7-5-10/h1-3,8,10-11,16-17H,4-7H2/t10-,11-. The van der Waals surface area contributed by atoms with Crippen LogP contribution in [0.1, 0.15) is 31.2 Å². The monoisotopic (exact) mass is 297 g/mol. The summed E-state index contributed by atoms with van der Waals surface area (Å²) in [4.78, 5) is 4.47. The maximum atomic E-state index is 9.79. The van der Waals surface area contributed by atoms with Crippen LogP contribution in [-0.4, -0.2) is 28.6 Å². The average molecular weight is 298 g/mol. The number of para-hydroxylation sites is 1. The zero-order valence-electron chi connectivity index (χ0n) is 9.51. The Hall–Kier alpha value is -0.870. The van der Waals surface area contributed by atoms with Gasteiger partial charge in [-0.15, -0.1) is 0 Å².